The predicted octanol–water partition coefficient (Wildman–Crippen LogP) is 2.59. The molecule has 2 rings (SSSR count). The molecule has 0 fully saturated rings. The fourth-order valence-corrected chi connectivity index (χ4v) is 1.69. The lowest BCUT2D eigenvalue weighted by Crippen LogP contribution is -2.14. The van der Waals surface area contributed by atoms with E-state index in [0.717, 1.165) is 18.1 Å². The summed E-state index contributed by atoms with van der Waals surface area (Å²) in [5, 5.41) is 2.53. The van der Waals surface area contributed by atoms with Crippen LogP contribution in [0.25, 0.3) is 0 Å². The van der Waals surface area contributed by atoms with Crippen LogP contribution in [-0.2, 0) is 0 Å². The number of rotatable bonds is 3. The highest BCUT2D eigenvalue weighted by Gasteiger charge is 2.13. The topological polar surface area (TPSA) is 58.1 Å². The Morgan fingerprint density at radius 3 is 2.65 bits per heavy atom. The molecule has 2 heterocycles. The van der Waals surface area contributed by atoms with Crippen molar-refractivity contribution < 1.29 is 9.18 Å². The quantitative estimate of drug-likeness (QED) is 0.884. The minimum atomic E-state index is -0.624. The SMILES string of the molecule is CN(C)c1ccc(NC(=O)c2cc(F)cnc2Cl)cn1. The fraction of sp³-hybridized carbons (Fsp3) is 0.154. The first kappa shape index (κ1) is 14.2. The maximum atomic E-state index is 13.1. The average molecular weight is 295 g/mol. The predicted molar refractivity (Wildman–Crippen MR) is 75.7 cm³/mol. The van der Waals surface area contributed by atoms with Crippen LogP contribution in [0.2, 0.25) is 5.15 Å². The molecule has 0 unspecified atom stereocenters. The molecule has 2 aromatic heterocycles. The van der Waals surface area contributed by atoms with Gasteiger partial charge in [0, 0.05) is 14.1 Å². The van der Waals surface area contributed by atoms with Crippen molar-refractivity contribution in [3.05, 3.63) is 47.1 Å². The third kappa shape index (κ3) is 3.21. The van der Waals surface area contributed by atoms with Gasteiger partial charge in [-0.25, -0.2) is 14.4 Å². The molecule has 0 aromatic carbocycles. The van der Waals surface area contributed by atoms with E-state index >= 15 is 0 Å². The third-order valence-electron chi connectivity index (χ3n) is 2.51. The summed E-state index contributed by atoms with van der Waals surface area (Å²) in [6.45, 7) is 0. The largest absolute Gasteiger partial charge is 0.363 e. The number of nitrogens with one attached hydrogen (secondary N) is 1. The molecule has 0 aliphatic heterocycles. The fourth-order valence-electron chi connectivity index (χ4n) is 1.50. The summed E-state index contributed by atoms with van der Waals surface area (Å²) >= 11 is 5.76. The second kappa shape index (κ2) is 5.83. The van der Waals surface area contributed by atoms with Gasteiger partial charge in [0.2, 0.25) is 0 Å². The van der Waals surface area contributed by atoms with Crippen LogP contribution in [0.5, 0.6) is 0 Å². The van der Waals surface area contributed by atoms with Crippen LogP contribution in [0, 0.1) is 5.82 Å². The van der Waals surface area contributed by atoms with Gasteiger partial charge in [-0.2, -0.15) is 0 Å². The number of carbonyl (C=O) groups excluding carboxylic acids is 1. The van der Waals surface area contributed by atoms with Crippen LogP contribution in [-0.4, -0.2) is 30.0 Å². The second-order valence-electron chi connectivity index (χ2n) is 4.25. The number of hydrogen-bond acceptors (Lipinski definition) is 4. The summed E-state index contributed by atoms with van der Waals surface area (Å²) in [4.78, 5) is 21.5. The Morgan fingerprint density at radius 1 is 1.30 bits per heavy atom. The van der Waals surface area contributed by atoms with Crippen LogP contribution >= 0.6 is 11.6 Å². The summed E-state index contributed by atoms with van der Waals surface area (Å²) in [5.74, 6) is -0.407. The van der Waals surface area contributed by atoms with Crippen molar-refractivity contribution in [2.24, 2.45) is 0 Å². The summed E-state index contributed by atoms with van der Waals surface area (Å²) in [6, 6.07) is 4.48. The smallest absolute Gasteiger partial charge is 0.258 e. The van der Waals surface area contributed by atoms with E-state index in [1.165, 1.54) is 6.20 Å². The summed E-state index contributed by atoms with van der Waals surface area (Å²) in [5.41, 5.74) is 0.462. The van der Waals surface area contributed by atoms with Gasteiger partial charge in [-0.3, -0.25) is 4.79 Å². The Labute approximate surface area is 120 Å². The molecule has 20 heavy (non-hydrogen) atoms. The molecule has 7 heteroatoms. The highest BCUT2D eigenvalue weighted by Crippen LogP contribution is 2.17. The monoisotopic (exact) mass is 294 g/mol. The lowest BCUT2D eigenvalue weighted by Gasteiger charge is -2.11. The lowest BCUT2D eigenvalue weighted by atomic mass is 10.2. The summed E-state index contributed by atoms with van der Waals surface area (Å²) < 4.78 is 13.1. The number of amides is 1. The molecular weight excluding hydrogens is 283 g/mol. The third-order valence-corrected chi connectivity index (χ3v) is 2.82. The van der Waals surface area contributed by atoms with E-state index < -0.39 is 11.7 Å². The molecule has 104 valence electrons. The Bertz CT molecular complexity index is 631. The van der Waals surface area contributed by atoms with Crippen molar-refractivity contribution in [3.63, 3.8) is 0 Å². The van der Waals surface area contributed by atoms with Crippen molar-refractivity contribution in [1.29, 1.82) is 0 Å². The Morgan fingerprint density at radius 2 is 2.05 bits per heavy atom. The van der Waals surface area contributed by atoms with Gasteiger partial charge in [-0.05, 0) is 18.2 Å². The van der Waals surface area contributed by atoms with Gasteiger partial charge in [-0.15, -0.1) is 0 Å². The first-order chi connectivity index (χ1) is 9.47. The van der Waals surface area contributed by atoms with Crippen LogP contribution in [0.4, 0.5) is 15.9 Å². The number of hydrogen-bond donors (Lipinski definition) is 1. The molecule has 0 bridgehead atoms. The molecular formula is C13H12ClFN4O. The van der Waals surface area contributed by atoms with Gasteiger partial charge in [0.25, 0.3) is 5.91 Å². The van der Waals surface area contributed by atoms with Crippen molar-refractivity contribution >= 4 is 29.0 Å². The number of pyridine rings is 2. The normalized spacial score (nSPS) is 10.2. The Balaban J connectivity index is 2.17. The van der Waals surface area contributed by atoms with Crippen LogP contribution in [0.1, 0.15) is 10.4 Å². The number of anilines is 2. The minimum Gasteiger partial charge on any atom is -0.363 e. The van der Waals surface area contributed by atoms with E-state index in [4.69, 9.17) is 11.6 Å². The van der Waals surface area contributed by atoms with E-state index in [1.54, 1.807) is 12.1 Å². The maximum Gasteiger partial charge on any atom is 0.258 e. The first-order valence-corrected chi connectivity index (χ1v) is 6.11. The number of aromatic nitrogens is 2. The van der Waals surface area contributed by atoms with Gasteiger partial charge >= 0.3 is 0 Å². The zero-order chi connectivity index (χ0) is 14.7. The van der Waals surface area contributed by atoms with Crippen molar-refractivity contribution in [3.8, 4) is 0 Å². The van der Waals surface area contributed by atoms with Crippen molar-refractivity contribution in [2.45, 2.75) is 0 Å². The van der Waals surface area contributed by atoms with Gasteiger partial charge in [-0.1, -0.05) is 11.6 Å². The molecule has 0 radical (unpaired) electrons. The molecule has 0 aliphatic carbocycles. The van der Waals surface area contributed by atoms with Crippen molar-refractivity contribution in [1.82, 2.24) is 9.97 Å². The first-order valence-electron chi connectivity index (χ1n) is 5.73. The van der Waals surface area contributed by atoms with Gasteiger partial charge in [0.05, 0.1) is 23.6 Å². The second-order valence-corrected chi connectivity index (χ2v) is 4.60. The van der Waals surface area contributed by atoms with E-state index in [-0.39, 0.29) is 10.7 Å². The van der Waals surface area contributed by atoms with E-state index in [2.05, 4.69) is 15.3 Å². The zero-order valence-electron chi connectivity index (χ0n) is 10.9. The molecule has 0 saturated carbocycles. The van der Waals surface area contributed by atoms with Gasteiger partial charge in [0.15, 0.2) is 0 Å². The molecule has 2 aromatic rings. The standard InChI is InChI=1S/C13H12ClFN4O/c1-19(2)11-4-3-9(7-16-11)18-13(20)10-5-8(15)6-17-12(10)14/h3-7H,1-2H3,(H,18,20). The highest BCUT2D eigenvalue weighted by atomic mass is 35.5. The zero-order valence-corrected chi connectivity index (χ0v) is 11.6. The highest BCUT2D eigenvalue weighted by molar-refractivity contribution is 6.33. The van der Waals surface area contributed by atoms with Crippen LogP contribution in [0.3, 0.4) is 0 Å². The average Bonchev–Trinajstić information content (AvgIpc) is 2.42. The molecule has 0 saturated heterocycles. The molecule has 1 N–H and O–H groups in total. The molecule has 1 amide bonds. The Kier molecular flexibility index (Phi) is 4.14. The number of nitrogens with zero attached hydrogens (tertiary/aromatic N) is 3. The summed E-state index contributed by atoms with van der Waals surface area (Å²) in [7, 11) is 3.72. The number of carbonyl (C=O) groups is 1. The van der Waals surface area contributed by atoms with E-state index in [0.29, 0.717) is 5.69 Å². The van der Waals surface area contributed by atoms with Crippen LogP contribution < -0.4 is 10.2 Å². The maximum absolute atomic E-state index is 13.1. The van der Waals surface area contributed by atoms with Crippen molar-refractivity contribution in [2.75, 3.05) is 24.3 Å². The van der Waals surface area contributed by atoms with E-state index in [9.17, 15) is 9.18 Å². The van der Waals surface area contributed by atoms with Gasteiger partial charge in [0.1, 0.15) is 16.8 Å². The summed E-state index contributed by atoms with van der Waals surface area (Å²) in [6.07, 6.45) is 2.46. The Hall–Kier alpha value is -2.21. The lowest BCUT2D eigenvalue weighted by molar-refractivity contribution is 0.102. The molecule has 0 aliphatic rings. The molecule has 5 nitrogen and oxygen atoms in total. The van der Waals surface area contributed by atoms with E-state index in [1.807, 2.05) is 19.0 Å². The minimum absolute atomic E-state index is 0.0247. The van der Waals surface area contributed by atoms with Crippen LogP contribution in [0.15, 0.2) is 30.6 Å². The van der Waals surface area contributed by atoms with Gasteiger partial charge < -0.3 is 10.2 Å². The molecule has 0 atom stereocenters. The molecule has 0 spiro atoms. The number of halogens is 2.